The van der Waals surface area contributed by atoms with Crippen molar-refractivity contribution in [2.24, 2.45) is 0 Å². The van der Waals surface area contributed by atoms with Gasteiger partial charge in [-0.05, 0) is 43.2 Å². The normalized spacial score (nSPS) is 11.6. The van der Waals surface area contributed by atoms with E-state index in [-0.39, 0.29) is 24.8 Å². The standard InChI is InChI=1S/C23H28Cl2N2O3/c1-4-5-13-26-23(29)16(2)27(15-19-20(24)7-6-8-21(19)25)22(28)14-17-9-11-18(30-3)12-10-17/h6-12,16H,4-5,13-15H2,1-3H3,(H,26,29). The Bertz CT molecular complexity index is 836. The molecule has 0 aliphatic carbocycles. The largest absolute Gasteiger partial charge is 0.497 e. The summed E-state index contributed by atoms with van der Waals surface area (Å²) in [4.78, 5) is 27.4. The average molecular weight is 451 g/mol. The smallest absolute Gasteiger partial charge is 0.242 e. The minimum absolute atomic E-state index is 0.149. The first-order valence-electron chi connectivity index (χ1n) is 10.00. The van der Waals surface area contributed by atoms with E-state index < -0.39 is 6.04 Å². The highest BCUT2D eigenvalue weighted by Crippen LogP contribution is 2.27. The highest BCUT2D eigenvalue weighted by Gasteiger charge is 2.27. The van der Waals surface area contributed by atoms with Gasteiger partial charge in [0.2, 0.25) is 11.8 Å². The van der Waals surface area contributed by atoms with Crippen LogP contribution in [0.2, 0.25) is 10.0 Å². The Hall–Kier alpha value is -2.24. The van der Waals surface area contributed by atoms with Crippen LogP contribution in [0, 0.1) is 0 Å². The predicted molar refractivity (Wildman–Crippen MR) is 121 cm³/mol. The Morgan fingerprint density at radius 1 is 1.10 bits per heavy atom. The van der Waals surface area contributed by atoms with Crippen LogP contribution in [0.15, 0.2) is 42.5 Å². The number of methoxy groups -OCH3 is 1. The summed E-state index contributed by atoms with van der Waals surface area (Å²) in [6, 6.07) is 11.8. The molecule has 0 fully saturated rings. The number of ether oxygens (including phenoxy) is 1. The van der Waals surface area contributed by atoms with Crippen molar-refractivity contribution in [3.05, 3.63) is 63.6 Å². The number of unbranched alkanes of at least 4 members (excludes halogenated alkanes) is 1. The summed E-state index contributed by atoms with van der Waals surface area (Å²) >= 11 is 12.6. The van der Waals surface area contributed by atoms with Crippen LogP contribution in [-0.4, -0.2) is 36.4 Å². The Morgan fingerprint density at radius 3 is 2.30 bits per heavy atom. The van der Waals surface area contributed by atoms with Crippen molar-refractivity contribution in [1.29, 1.82) is 0 Å². The summed E-state index contributed by atoms with van der Waals surface area (Å²) in [5.74, 6) is 0.332. The summed E-state index contributed by atoms with van der Waals surface area (Å²) in [5.41, 5.74) is 1.45. The number of nitrogens with zero attached hydrogens (tertiary/aromatic N) is 1. The number of carbonyl (C=O) groups excluding carboxylic acids is 2. The lowest BCUT2D eigenvalue weighted by Gasteiger charge is -2.29. The van der Waals surface area contributed by atoms with Crippen LogP contribution in [0.25, 0.3) is 0 Å². The summed E-state index contributed by atoms with van der Waals surface area (Å²) in [5, 5.41) is 3.82. The first kappa shape index (κ1) is 24.0. The van der Waals surface area contributed by atoms with Crippen molar-refractivity contribution >= 4 is 35.0 Å². The first-order valence-corrected chi connectivity index (χ1v) is 10.8. The van der Waals surface area contributed by atoms with Crippen molar-refractivity contribution in [2.45, 2.75) is 45.7 Å². The van der Waals surface area contributed by atoms with Crippen LogP contribution in [-0.2, 0) is 22.6 Å². The Kier molecular flexibility index (Phi) is 9.47. The van der Waals surface area contributed by atoms with Crippen LogP contribution in [0.4, 0.5) is 0 Å². The number of nitrogens with one attached hydrogen (secondary N) is 1. The molecule has 2 amide bonds. The van der Waals surface area contributed by atoms with Gasteiger partial charge in [0.15, 0.2) is 0 Å². The van der Waals surface area contributed by atoms with Gasteiger partial charge < -0.3 is 15.0 Å². The second-order valence-electron chi connectivity index (χ2n) is 7.07. The predicted octanol–water partition coefficient (Wildman–Crippen LogP) is 4.88. The molecule has 0 aliphatic rings. The second kappa shape index (κ2) is 11.8. The van der Waals surface area contributed by atoms with E-state index in [0.29, 0.717) is 22.2 Å². The van der Waals surface area contributed by atoms with Crippen molar-refractivity contribution in [3.8, 4) is 5.75 Å². The van der Waals surface area contributed by atoms with E-state index in [9.17, 15) is 9.59 Å². The molecule has 5 nitrogen and oxygen atoms in total. The molecule has 7 heteroatoms. The molecule has 0 radical (unpaired) electrons. The quantitative estimate of drug-likeness (QED) is 0.524. The highest BCUT2D eigenvalue weighted by molar-refractivity contribution is 6.36. The van der Waals surface area contributed by atoms with Gasteiger partial charge in [-0.15, -0.1) is 0 Å². The molecule has 0 saturated carbocycles. The molecule has 0 heterocycles. The number of hydrogen-bond donors (Lipinski definition) is 1. The summed E-state index contributed by atoms with van der Waals surface area (Å²) in [6.07, 6.45) is 2.01. The van der Waals surface area contributed by atoms with Crippen molar-refractivity contribution in [1.82, 2.24) is 10.2 Å². The van der Waals surface area contributed by atoms with Crippen LogP contribution in [0.1, 0.15) is 37.8 Å². The molecule has 0 aromatic heterocycles. The van der Waals surface area contributed by atoms with Gasteiger partial charge in [0.05, 0.1) is 13.5 Å². The van der Waals surface area contributed by atoms with Gasteiger partial charge in [-0.25, -0.2) is 0 Å². The maximum absolute atomic E-state index is 13.2. The molecule has 1 atom stereocenters. The van der Waals surface area contributed by atoms with Gasteiger partial charge in [0.1, 0.15) is 11.8 Å². The lowest BCUT2D eigenvalue weighted by molar-refractivity contribution is -0.140. The van der Waals surface area contributed by atoms with Gasteiger partial charge in [0.25, 0.3) is 0 Å². The third-order valence-electron chi connectivity index (χ3n) is 4.90. The van der Waals surface area contributed by atoms with Gasteiger partial charge in [-0.1, -0.05) is 54.7 Å². The summed E-state index contributed by atoms with van der Waals surface area (Å²) < 4.78 is 5.17. The molecule has 1 N–H and O–H groups in total. The maximum Gasteiger partial charge on any atom is 0.242 e. The molecule has 2 aromatic rings. The molecule has 162 valence electrons. The van der Waals surface area contributed by atoms with Crippen LogP contribution in [0.5, 0.6) is 5.75 Å². The average Bonchev–Trinajstić information content (AvgIpc) is 2.73. The van der Waals surface area contributed by atoms with Gasteiger partial charge >= 0.3 is 0 Å². The minimum Gasteiger partial charge on any atom is -0.497 e. The van der Waals surface area contributed by atoms with Crippen molar-refractivity contribution in [3.63, 3.8) is 0 Å². The van der Waals surface area contributed by atoms with E-state index in [4.69, 9.17) is 27.9 Å². The number of carbonyl (C=O) groups is 2. The van der Waals surface area contributed by atoms with E-state index >= 15 is 0 Å². The topological polar surface area (TPSA) is 58.6 Å². The number of rotatable bonds is 10. The van der Waals surface area contributed by atoms with Crippen LogP contribution < -0.4 is 10.1 Å². The fourth-order valence-corrected chi connectivity index (χ4v) is 3.51. The molecular weight excluding hydrogens is 423 g/mol. The summed E-state index contributed by atoms with van der Waals surface area (Å²) in [6.45, 7) is 4.50. The molecule has 0 aliphatic heterocycles. The fraction of sp³-hybridized carbons (Fsp3) is 0.391. The lowest BCUT2D eigenvalue weighted by Crippen LogP contribution is -2.48. The number of benzene rings is 2. The first-order chi connectivity index (χ1) is 14.4. The Morgan fingerprint density at radius 2 is 1.73 bits per heavy atom. The molecule has 2 aromatic carbocycles. The van der Waals surface area contributed by atoms with Gasteiger partial charge in [-0.3, -0.25) is 9.59 Å². The van der Waals surface area contributed by atoms with Crippen molar-refractivity contribution in [2.75, 3.05) is 13.7 Å². The number of hydrogen-bond acceptors (Lipinski definition) is 3. The monoisotopic (exact) mass is 450 g/mol. The fourth-order valence-electron chi connectivity index (χ4n) is 2.99. The van der Waals surface area contributed by atoms with E-state index in [1.54, 1.807) is 44.4 Å². The molecule has 2 rings (SSSR count). The number of amides is 2. The third kappa shape index (κ3) is 6.64. The summed E-state index contributed by atoms with van der Waals surface area (Å²) in [7, 11) is 1.59. The minimum atomic E-state index is -0.667. The molecule has 1 unspecified atom stereocenters. The molecule has 0 bridgehead atoms. The van der Waals surface area contributed by atoms with E-state index in [1.807, 2.05) is 12.1 Å². The van der Waals surface area contributed by atoms with E-state index in [2.05, 4.69) is 12.2 Å². The number of halogens is 2. The molecule has 30 heavy (non-hydrogen) atoms. The zero-order valence-electron chi connectivity index (χ0n) is 17.6. The van der Waals surface area contributed by atoms with Gasteiger partial charge in [-0.2, -0.15) is 0 Å². The zero-order valence-corrected chi connectivity index (χ0v) is 19.1. The van der Waals surface area contributed by atoms with Crippen molar-refractivity contribution < 1.29 is 14.3 Å². The Balaban J connectivity index is 2.24. The van der Waals surface area contributed by atoms with Crippen LogP contribution >= 0.6 is 23.2 Å². The van der Waals surface area contributed by atoms with Crippen LogP contribution in [0.3, 0.4) is 0 Å². The second-order valence-corrected chi connectivity index (χ2v) is 7.88. The maximum atomic E-state index is 13.2. The Labute approximate surface area is 188 Å². The van der Waals surface area contributed by atoms with E-state index in [0.717, 1.165) is 24.2 Å². The molecular formula is C23H28Cl2N2O3. The zero-order chi connectivity index (χ0) is 22.1. The molecule has 0 saturated heterocycles. The third-order valence-corrected chi connectivity index (χ3v) is 5.61. The highest BCUT2D eigenvalue weighted by atomic mass is 35.5. The SMILES string of the molecule is CCCCNC(=O)C(C)N(Cc1c(Cl)cccc1Cl)C(=O)Cc1ccc(OC)cc1. The molecule has 0 spiro atoms. The lowest BCUT2D eigenvalue weighted by atomic mass is 10.1. The van der Waals surface area contributed by atoms with E-state index in [1.165, 1.54) is 4.90 Å². The van der Waals surface area contributed by atoms with Gasteiger partial charge in [0, 0.05) is 28.7 Å².